The van der Waals surface area contributed by atoms with E-state index in [1.165, 1.54) is 0 Å². The first-order chi connectivity index (χ1) is 8.16. The van der Waals surface area contributed by atoms with Gasteiger partial charge in [-0.15, -0.1) is 0 Å². The van der Waals surface area contributed by atoms with Crippen LogP contribution in [0.25, 0.3) is 0 Å². The summed E-state index contributed by atoms with van der Waals surface area (Å²) in [4.78, 5) is 13.1. The second-order valence-electron chi connectivity index (χ2n) is 4.16. The molecule has 0 radical (unpaired) electrons. The van der Waals surface area contributed by atoms with Gasteiger partial charge in [-0.1, -0.05) is 23.7 Å². The van der Waals surface area contributed by atoms with E-state index in [0.29, 0.717) is 18.1 Å². The van der Waals surface area contributed by atoms with Gasteiger partial charge < -0.3 is 10.4 Å². The molecule has 1 saturated heterocycles. The molecule has 0 saturated carbocycles. The van der Waals surface area contributed by atoms with Crippen molar-refractivity contribution in [1.82, 2.24) is 10.2 Å². The predicted molar refractivity (Wildman–Crippen MR) is 66.2 cm³/mol. The van der Waals surface area contributed by atoms with Crippen molar-refractivity contribution in [2.75, 3.05) is 19.6 Å². The molecular weight excluding hydrogens is 240 g/mol. The summed E-state index contributed by atoms with van der Waals surface area (Å²) in [6.07, 6.45) is 0. The maximum atomic E-state index is 11.1. The molecule has 1 fully saturated rings. The van der Waals surface area contributed by atoms with Gasteiger partial charge in [0.25, 0.3) is 0 Å². The largest absolute Gasteiger partial charge is 0.480 e. The van der Waals surface area contributed by atoms with Gasteiger partial charge in [0.15, 0.2) is 0 Å². The van der Waals surface area contributed by atoms with E-state index in [1.807, 2.05) is 29.2 Å². The summed E-state index contributed by atoms with van der Waals surface area (Å²) < 4.78 is 0. The van der Waals surface area contributed by atoms with Crippen LogP contribution in [0, 0.1) is 0 Å². The monoisotopic (exact) mass is 254 g/mol. The molecule has 0 bridgehead atoms. The quantitative estimate of drug-likeness (QED) is 0.851. The van der Waals surface area contributed by atoms with Crippen LogP contribution in [0.4, 0.5) is 0 Å². The van der Waals surface area contributed by atoms with Crippen LogP contribution in [-0.4, -0.2) is 41.7 Å². The average Bonchev–Trinajstić information content (AvgIpc) is 2.29. The minimum absolute atomic E-state index is 0.456. The van der Waals surface area contributed by atoms with Gasteiger partial charge in [-0.25, -0.2) is 0 Å². The SMILES string of the molecule is O=C(O)C1CNCCN1Cc1cccc(Cl)c1. The van der Waals surface area contributed by atoms with Crippen molar-refractivity contribution in [3.05, 3.63) is 34.9 Å². The van der Waals surface area contributed by atoms with Crippen molar-refractivity contribution in [3.63, 3.8) is 0 Å². The molecule has 1 heterocycles. The van der Waals surface area contributed by atoms with Gasteiger partial charge in [0.2, 0.25) is 0 Å². The van der Waals surface area contributed by atoms with Gasteiger partial charge in [-0.05, 0) is 17.7 Å². The van der Waals surface area contributed by atoms with Crippen LogP contribution in [-0.2, 0) is 11.3 Å². The van der Waals surface area contributed by atoms with E-state index >= 15 is 0 Å². The smallest absolute Gasteiger partial charge is 0.322 e. The van der Waals surface area contributed by atoms with E-state index in [-0.39, 0.29) is 0 Å². The molecule has 2 rings (SSSR count). The molecule has 0 aliphatic carbocycles. The second kappa shape index (κ2) is 5.49. The zero-order valence-electron chi connectivity index (χ0n) is 9.40. The van der Waals surface area contributed by atoms with E-state index in [9.17, 15) is 4.79 Å². The van der Waals surface area contributed by atoms with E-state index in [1.54, 1.807) is 0 Å². The van der Waals surface area contributed by atoms with Crippen LogP contribution in [0.5, 0.6) is 0 Å². The first-order valence-corrected chi connectivity index (χ1v) is 5.96. The first kappa shape index (κ1) is 12.4. The topological polar surface area (TPSA) is 52.6 Å². The zero-order chi connectivity index (χ0) is 12.3. The van der Waals surface area contributed by atoms with Crippen molar-refractivity contribution >= 4 is 17.6 Å². The minimum atomic E-state index is -0.778. The van der Waals surface area contributed by atoms with Crippen LogP contribution in [0.3, 0.4) is 0 Å². The maximum absolute atomic E-state index is 11.1. The van der Waals surface area contributed by atoms with E-state index < -0.39 is 12.0 Å². The van der Waals surface area contributed by atoms with Crippen LogP contribution >= 0.6 is 11.6 Å². The summed E-state index contributed by atoms with van der Waals surface area (Å²) in [5, 5.41) is 12.9. The predicted octanol–water partition coefficient (Wildman–Crippen LogP) is 1.20. The Labute approximate surface area is 105 Å². The lowest BCUT2D eigenvalue weighted by Gasteiger charge is -2.33. The second-order valence-corrected chi connectivity index (χ2v) is 4.59. The number of hydrogen-bond donors (Lipinski definition) is 2. The molecule has 0 aromatic heterocycles. The van der Waals surface area contributed by atoms with Crippen molar-refractivity contribution < 1.29 is 9.90 Å². The number of halogens is 1. The highest BCUT2D eigenvalue weighted by molar-refractivity contribution is 6.30. The highest BCUT2D eigenvalue weighted by atomic mass is 35.5. The molecule has 0 amide bonds. The molecule has 5 heteroatoms. The molecule has 1 aromatic rings. The summed E-state index contributed by atoms with van der Waals surface area (Å²) in [6.45, 7) is 2.68. The number of nitrogens with zero attached hydrogens (tertiary/aromatic N) is 1. The summed E-state index contributed by atoms with van der Waals surface area (Å²) in [5.41, 5.74) is 1.05. The molecule has 92 valence electrons. The standard InChI is InChI=1S/C12H15ClN2O2/c13-10-3-1-2-9(6-10)8-15-5-4-14-7-11(15)12(16)17/h1-3,6,11,14H,4-5,7-8H2,(H,16,17). The highest BCUT2D eigenvalue weighted by Crippen LogP contribution is 2.15. The fourth-order valence-corrected chi connectivity index (χ4v) is 2.26. The molecule has 1 unspecified atom stereocenters. The van der Waals surface area contributed by atoms with Gasteiger partial charge in [-0.2, -0.15) is 0 Å². The number of nitrogens with one attached hydrogen (secondary N) is 1. The van der Waals surface area contributed by atoms with Gasteiger partial charge >= 0.3 is 5.97 Å². The van der Waals surface area contributed by atoms with Crippen LogP contribution < -0.4 is 5.32 Å². The molecule has 17 heavy (non-hydrogen) atoms. The minimum Gasteiger partial charge on any atom is -0.480 e. The summed E-state index contributed by atoms with van der Waals surface area (Å²) in [6, 6.07) is 7.09. The number of hydrogen-bond acceptors (Lipinski definition) is 3. The molecule has 1 aromatic carbocycles. The molecule has 1 aliphatic rings. The Morgan fingerprint density at radius 2 is 2.41 bits per heavy atom. The van der Waals surface area contributed by atoms with Crippen molar-refractivity contribution in [1.29, 1.82) is 0 Å². The van der Waals surface area contributed by atoms with E-state index in [4.69, 9.17) is 16.7 Å². The summed E-state index contributed by atoms with van der Waals surface area (Å²) >= 11 is 5.91. The van der Waals surface area contributed by atoms with Crippen molar-refractivity contribution in [2.24, 2.45) is 0 Å². The Morgan fingerprint density at radius 3 is 3.12 bits per heavy atom. The lowest BCUT2D eigenvalue weighted by Crippen LogP contribution is -2.54. The van der Waals surface area contributed by atoms with Gasteiger partial charge in [0.1, 0.15) is 6.04 Å². The van der Waals surface area contributed by atoms with Crippen LogP contribution in [0.1, 0.15) is 5.56 Å². The van der Waals surface area contributed by atoms with Crippen LogP contribution in [0.2, 0.25) is 5.02 Å². The number of carbonyl (C=O) groups is 1. The Kier molecular flexibility index (Phi) is 3.99. The summed E-state index contributed by atoms with van der Waals surface area (Å²) in [7, 11) is 0. The number of carboxylic acid groups (broad SMARTS) is 1. The van der Waals surface area contributed by atoms with Crippen LogP contribution in [0.15, 0.2) is 24.3 Å². The number of carboxylic acids is 1. The molecule has 4 nitrogen and oxygen atoms in total. The number of piperazine rings is 1. The van der Waals surface area contributed by atoms with Crippen molar-refractivity contribution in [3.8, 4) is 0 Å². The number of benzene rings is 1. The first-order valence-electron chi connectivity index (χ1n) is 5.59. The van der Waals surface area contributed by atoms with Gasteiger partial charge in [0, 0.05) is 31.2 Å². The molecule has 1 atom stereocenters. The lowest BCUT2D eigenvalue weighted by atomic mass is 10.1. The lowest BCUT2D eigenvalue weighted by molar-refractivity contribution is -0.144. The Bertz CT molecular complexity index is 411. The van der Waals surface area contributed by atoms with E-state index in [2.05, 4.69) is 5.32 Å². The third-order valence-corrected chi connectivity index (χ3v) is 3.15. The van der Waals surface area contributed by atoms with Gasteiger partial charge in [0.05, 0.1) is 0 Å². The third kappa shape index (κ3) is 3.19. The maximum Gasteiger partial charge on any atom is 0.322 e. The Hall–Kier alpha value is -1.10. The average molecular weight is 255 g/mol. The molecule has 0 spiro atoms. The fourth-order valence-electron chi connectivity index (χ4n) is 2.05. The normalized spacial score (nSPS) is 21.4. The van der Waals surface area contributed by atoms with Crippen molar-refractivity contribution in [2.45, 2.75) is 12.6 Å². The van der Waals surface area contributed by atoms with Gasteiger partial charge in [-0.3, -0.25) is 9.69 Å². The summed E-state index contributed by atoms with van der Waals surface area (Å²) in [5.74, 6) is -0.778. The molecule has 2 N–H and O–H groups in total. The fraction of sp³-hybridized carbons (Fsp3) is 0.417. The Morgan fingerprint density at radius 1 is 1.59 bits per heavy atom. The molecular formula is C12H15ClN2O2. The zero-order valence-corrected chi connectivity index (χ0v) is 10.2. The third-order valence-electron chi connectivity index (χ3n) is 2.91. The number of aliphatic carboxylic acids is 1. The molecule has 1 aliphatic heterocycles. The number of rotatable bonds is 3. The highest BCUT2D eigenvalue weighted by Gasteiger charge is 2.27. The van der Waals surface area contributed by atoms with E-state index in [0.717, 1.165) is 18.7 Å². The Balaban J connectivity index is 2.08.